The second kappa shape index (κ2) is 7.74. The minimum atomic E-state index is -0.735. The summed E-state index contributed by atoms with van der Waals surface area (Å²) in [5, 5.41) is 13.0. The predicted molar refractivity (Wildman–Crippen MR) is 125 cm³/mol. The van der Waals surface area contributed by atoms with Crippen molar-refractivity contribution in [3.8, 4) is 0 Å². The number of likely N-dealkylation sites (N-methyl/N-ethyl adjacent to an activating group) is 1. The number of carbonyl (C=O) groups excluding carboxylic acids is 1. The molecule has 2 heterocycles. The van der Waals surface area contributed by atoms with E-state index in [1.54, 1.807) is 7.11 Å². The van der Waals surface area contributed by atoms with E-state index in [1.807, 2.05) is 30.4 Å². The Morgan fingerprint density at radius 2 is 2.03 bits per heavy atom. The number of aromatic nitrogens is 1. The number of hydrazone groups is 1. The number of nitrogens with one attached hydrogen (secondary N) is 2. The Hall–Kier alpha value is -3.10. The van der Waals surface area contributed by atoms with Crippen molar-refractivity contribution in [2.24, 2.45) is 22.2 Å². The number of hydrogen-bond donors (Lipinski definition) is 3. The van der Waals surface area contributed by atoms with Gasteiger partial charge in [-0.2, -0.15) is 5.10 Å². The molecule has 1 aliphatic heterocycles. The van der Waals surface area contributed by atoms with E-state index in [-0.39, 0.29) is 40.1 Å². The second-order valence-corrected chi connectivity index (χ2v) is 9.84. The van der Waals surface area contributed by atoms with Crippen LogP contribution in [0.3, 0.4) is 0 Å². The van der Waals surface area contributed by atoms with Gasteiger partial charge in [0.2, 0.25) is 0 Å². The normalized spacial score (nSPS) is 26.4. The van der Waals surface area contributed by atoms with E-state index in [4.69, 9.17) is 10.5 Å². The zero-order chi connectivity index (χ0) is 23.4. The van der Waals surface area contributed by atoms with Crippen LogP contribution in [0, 0.1) is 17.2 Å². The van der Waals surface area contributed by atoms with Gasteiger partial charge in [-0.1, -0.05) is 13.0 Å². The second-order valence-electron chi connectivity index (χ2n) is 9.84. The number of anilines is 2. The highest BCUT2D eigenvalue weighted by Crippen LogP contribution is 2.62. The van der Waals surface area contributed by atoms with Gasteiger partial charge in [-0.05, 0) is 56.1 Å². The van der Waals surface area contributed by atoms with Crippen LogP contribution in [-0.2, 0) is 4.74 Å². The van der Waals surface area contributed by atoms with E-state index in [1.165, 1.54) is 6.07 Å². The Labute approximate surface area is 193 Å². The summed E-state index contributed by atoms with van der Waals surface area (Å²) < 4.78 is 20.7. The number of carbonyl (C=O) groups is 1. The monoisotopic (exact) mass is 454 g/mol. The number of rotatable bonds is 7. The molecule has 0 spiro atoms. The highest BCUT2D eigenvalue weighted by molar-refractivity contribution is 5.98. The summed E-state index contributed by atoms with van der Waals surface area (Å²) in [7, 11) is 3.54. The smallest absolute Gasteiger partial charge is 0.252 e. The Bertz CT molecular complexity index is 1070. The molecule has 176 valence electrons. The van der Waals surface area contributed by atoms with Crippen molar-refractivity contribution in [3.05, 3.63) is 41.1 Å². The summed E-state index contributed by atoms with van der Waals surface area (Å²) in [5.74, 6) is -0.201. The number of ether oxygens (including phenoxy) is 1. The van der Waals surface area contributed by atoms with E-state index in [9.17, 15) is 4.79 Å². The zero-order valence-electron chi connectivity index (χ0n) is 19.3. The van der Waals surface area contributed by atoms with Crippen molar-refractivity contribution in [1.29, 1.82) is 0 Å². The highest BCUT2D eigenvalue weighted by Gasteiger charge is 2.58. The molecular weight excluding hydrogens is 423 g/mol. The molecule has 2 atom stereocenters. The van der Waals surface area contributed by atoms with E-state index in [0.29, 0.717) is 6.42 Å². The van der Waals surface area contributed by atoms with Gasteiger partial charge in [0.05, 0.1) is 18.6 Å². The maximum Gasteiger partial charge on any atom is 0.252 e. The average molecular weight is 455 g/mol. The molecule has 2 fully saturated rings. The van der Waals surface area contributed by atoms with Gasteiger partial charge in [0, 0.05) is 24.5 Å². The van der Waals surface area contributed by atoms with Crippen molar-refractivity contribution in [2.75, 3.05) is 24.8 Å². The van der Waals surface area contributed by atoms with Crippen LogP contribution in [0.1, 0.15) is 55.8 Å². The lowest BCUT2D eigenvalue weighted by Crippen LogP contribution is -2.52. The third-order valence-corrected chi connectivity index (χ3v) is 7.92. The van der Waals surface area contributed by atoms with Crippen molar-refractivity contribution in [3.63, 3.8) is 0 Å². The lowest BCUT2D eigenvalue weighted by molar-refractivity contribution is 0.100. The maximum atomic E-state index is 15.1. The quantitative estimate of drug-likeness (QED) is 0.582. The molecular formula is C24H31FN6O2. The molecule has 5 rings (SSSR count). The molecule has 2 unspecified atom stereocenters. The van der Waals surface area contributed by atoms with Gasteiger partial charge >= 0.3 is 0 Å². The first-order valence-corrected chi connectivity index (χ1v) is 11.5. The van der Waals surface area contributed by atoms with E-state index in [2.05, 4.69) is 27.6 Å². The average Bonchev–Trinajstić information content (AvgIpc) is 3.43. The van der Waals surface area contributed by atoms with Gasteiger partial charge in [-0.25, -0.2) is 9.37 Å². The van der Waals surface area contributed by atoms with E-state index >= 15 is 4.39 Å². The number of hydrogen-bond acceptors (Lipinski definition) is 7. The summed E-state index contributed by atoms with van der Waals surface area (Å²) in [6.07, 6.45) is 11.9. The maximum absolute atomic E-state index is 15.1. The van der Waals surface area contributed by atoms with Crippen LogP contribution in [-0.4, -0.2) is 47.9 Å². The van der Waals surface area contributed by atoms with Crippen LogP contribution in [0.2, 0.25) is 0 Å². The summed E-state index contributed by atoms with van der Waals surface area (Å²) >= 11 is 0. The fourth-order valence-corrected chi connectivity index (χ4v) is 5.37. The van der Waals surface area contributed by atoms with Crippen molar-refractivity contribution < 1.29 is 13.9 Å². The Balaban J connectivity index is 1.47. The molecule has 1 aromatic rings. The number of allylic oxidation sites excluding steroid dienone is 2. The summed E-state index contributed by atoms with van der Waals surface area (Å²) in [6.45, 7) is 2.25. The number of pyridine rings is 1. The summed E-state index contributed by atoms with van der Waals surface area (Å²) in [5.41, 5.74) is 6.45. The first-order chi connectivity index (χ1) is 15.8. The van der Waals surface area contributed by atoms with Gasteiger partial charge in [-0.15, -0.1) is 0 Å². The van der Waals surface area contributed by atoms with Crippen molar-refractivity contribution in [2.45, 2.75) is 57.0 Å². The topological polar surface area (TPSA) is 105 Å². The van der Waals surface area contributed by atoms with Crippen LogP contribution in [0.15, 0.2) is 34.8 Å². The number of nitrogens with zero attached hydrogens (tertiary/aromatic N) is 3. The fraction of sp³-hybridized carbons (Fsp3) is 0.542. The minimum absolute atomic E-state index is 0.0169. The molecule has 2 saturated carbocycles. The fourth-order valence-electron chi connectivity index (χ4n) is 5.37. The molecule has 0 radical (unpaired) electrons. The lowest BCUT2D eigenvalue weighted by Gasteiger charge is -2.48. The van der Waals surface area contributed by atoms with Crippen LogP contribution >= 0.6 is 0 Å². The molecule has 8 nitrogen and oxygen atoms in total. The summed E-state index contributed by atoms with van der Waals surface area (Å²) in [6, 6.07) is 1.07. The van der Waals surface area contributed by atoms with Gasteiger partial charge in [-0.3, -0.25) is 9.80 Å². The van der Waals surface area contributed by atoms with Crippen molar-refractivity contribution >= 4 is 23.8 Å². The SMILES string of the molecule is COC1=CCC=C(Nc2nc(NC3(C4(C)CC4)CCC3)c(F)cc2C(N)=O)C2C=NN(C)C12. The number of primary amides is 1. The third-order valence-electron chi connectivity index (χ3n) is 7.92. The molecule has 1 amide bonds. The van der Waals surface area contributed by atoms with Gasteiger partial charge in [0.1, 0.15) is 17.6 Å². The van der Waals surface area contributed by atoms with Crippen molar-refractivity contribution in [1.82, 2.24) is 9.99 Å². The van der Waals surface area contributed by atoms with Crippen LogP contribution in [0.4, 0.5) is 16.0 Å². The molecule has 4 aliphatic rings. The predicted octanol–water partition coefficient (Wildman–Crippen LogP) is 3.60. The third kappa shape index (κ3) is 3.54. The van der Waals surface area contributed by atoms with Crippen LogP contribution < -0.4 is 16.4 Å². The molecule has 33 heavy (non-hydrogen) atoms. The molecule has 4 N–H and O–H groups in total. The standard InChI is InChI=1S/C24H31FN6O2/c1-23(10-11-23)24(8-5-9-24)30-22-16(25)12-14(20(26)32)21(29-22)28-17-6-4-7-18(33-3)19-15(17)13-27-31(19)2/h6-7,12-13,15,19H,4-5,8-11H2,1-3H3,(H2,26,32)(H2,28,29,30). The number of amides is 1. The Morgan fingerprint density at radius 3 is 2.64 bits per heavy atom. The Morgan fingerprint density at radius 1 is 1.27 bits per heavy atom. The molecule has 0 aromatic carbocycles. The zero-order valence-corrected chi connectivity index (χ0v) is 19.3. The lowest BCUT2D eigenvalue weighted by atomic mass is 9.66. The van der Waals surface area contributed by atoms with Crippen LogP contribution in [0.25, 0.3) is 0 Å². The number of fused-ring (bicyclic) bond motifs is 1. The summed E-state index contributed by atoms with van der Waals surface area (Å²) in [4.78, 5) is 16.7. The molecule has 0 bridgehead atoms. The highest BCUT2D eigenvalue weighted by atomic mass is 19.1. The minimum Gasteiger partial charge on any atom is -0.499 e. The molecule has 3 aliphatic carbocycles. The van der Waals surface area contributed by atoms with Crippen LogP contribution in [0.5, 0.6) is 0 Å². The molecule has 1 aromatic heterocycles. The molecule has 9 heteroatoms. The number of halogens is 1. The number of nitrogens with two attached hydrogens (primary N) is 1. The largest absolute Gasteiger partial charge is 0.499 e. The van der Waals surface area contributed by atoms with Gasteiger partial charge in [0.25, 0.3) is 5.91 Å². The molecule has 0 saturated heterocycles. The van der Waals surface area contributed by atoms with E-state index < -0.39 is 11.7 Å². The van der Waals surface area contributed by atoms with Gasteiger partial charge in [0.15, 0.2) is 11.6 Å². The Kier molecular flexibility index (Phi) is 5.10. The number of methoxy groups -OCH3 is 1. The first kappa shape index (κ1) is 21.7. The first-order valence-electron chi connectivity index (χ1n) is 11.5. The van der Waals surface area contributed by atoms with Gasteiger partial charge < -0.3 is 21.1 Å². The van der Waals surface area contributed by atoms with E-state index in [0.717, 1.165) is 43.6 Å².